The maximum atomic E-state index is 12.6. The topological polar surface area (TPSA) is 167 Å². The Kier molecular flexibility index (Phi) is 10.1. The number of aromatic nitrogens is 4. The second-order valence-electron chi connectivity index (χ2n) is 11.6. The maximum Gasteiger partial charge on any atom is 0.510 e. The molecule has 1 saturated carbocycles. The standard InChI is InChI=1S/C25H38ClN6O8P/c1-25(2,3)13-37-24(34)38-15-39-41(35,36)12-18(33)31(4)11-17-9-10-19(40-17)32-14-27-20-21(28-16-7-5-6-8-16)29-23(26)30-22(20)32/h14,16-17,19H,5-13,15H2,1-4H3,(H,35,36)(H,28,29,30)/t17-,19+/m0/s1. The second kappa shape index (κ2) is 13.2. The first kappa shape index (κ1) is 31.4. The third kappa shape index (κ3) is 8.99. The van der Waals surface area contributed by atoms with Crippen LogP contribution in [0.4, 0.5) is 10.6 Å². The summed E-state index contributed by atoms with van der Waals surface area (Å²) in [4.78, 5) is 48.8. The van der Waals surface area contributed by atoms with E-state index in [4.69, 9.17) is 25.6 Å². The van der Waals surface area contributed by atoms with E-state index in [0.29, 0.717) is 35.9 Å². The Bertz CT molecular complexity index is 1280. The fraction of sp³-hybridized carbons (Fsp3) is 0.720. The summed E-state index contributed by atoms with van der Waals surface area (Å²) in [6.45, 7) is 5.09. The van der Waals surface area contributed by atoms with E-state index in [9.17, 15) is 19.0 Å². The van der Waals surface area contributed by atoms with Crippen LogP contribution < -0.4 is 5.32 Å². The van der Waals surface area contributed by atoms with E-state index in [1.54, 1.807) is 6.33 Å². The molecule has 3 atom stereocenters. The number of likely N-dealkylation sites (N-methyl/N-ethyl adjacent to an activating group) is 1. The fourth-order valence-corrected chi connectivity index (χ4v) is 5.77. The number of anilines is 1. The number of halogens is 1. The van der Waals surface area contributed by atoms with Gasteiger partial charge >= 0.3 is 13.8 Å². The summed E-state index contributed by atoms with van der Waals surface area (Å²) in [5, 5.41) is 3.56. The summed E-state index contributed by atoms with van der Waals surface area (Å²) in [6, 6.07) is 0.330. The molecule has 0 spiro atoms. The summed E-state index contributed by atoms with van der Waals surface area (Å²) >= 11 is 6.23. The lowest BCUT2D eigenvalue weighted by molar-refractivity contribution is -0.129. The van der Waals surface area contributed by atoms with Gasteiger partial charge in [0.05, 0.1) is 19.0 Å². The second-order valence-corrected chi connectivity index (χ2v) is 13.8. The van der Waals surface area contributed by atoms with Gasteiger partial charge in [-0.2, -0.15) is 9.97 Å². The number of amides is 1. The Morgan fingerprint density at radius 1 is 1.22 bits per heavy atom. The number of carbonyl (C=O) groups excluding carboxylic acids is 2. The zero-order valence-electron chi connectivity index (χ0n) is 23.7. The van der Waals surface area contributed by atoms with E-state index < -0.39 is 32.6 Å². The minimum absolute atomic E-state index is 0.104. The highest BCUT2D eigenvalue weighted by molar-refractivity contribution is 7.53. The highest BCUT2D eigenvalue weighted by Gasteiger charge is 2.33. The van der Waals surface area contributed by atoms with Crippen LogP contribution in [0.15, 0.2) is 6.33 Å². The molecule has 1 saturated heterocycles. The SMILES string of the molecule is CN(C[C@@H]1CC[C@H](n2cnc3c(NC4CCCC4)nc(Cl)nc32)O1)C(=O)CP(=O)(O)OCOC(=O)OCC(C)(C)C. The summed E-state index contributed by atoms with van der Waals surface area (Å²) in [6.07, 6.45) is 4.93. The van der Waals surface area contributed by atoms with Crippen molar-refractivity contribution >= 4 is 48.2 Å². The van der Waals surface area contributed by atoms with Gasteiger partial charge in [-0.3, -0.25) is 18.5 Å². The third-order valence-electron chi connectivity index (χ3n) is 6.78. The van der Waals surface area contributed by atoms with Crippen molar-refractivity contribution in [2.45, 2.75) is 77.7 Å². The van der Waals surface area contributed by atoms with Gasteiger partial charge in [-0.1, -0.05) is 33.6 Å². The van der Waals surface area contributed by atoms with Gasteiger partial charge in [0.15, 0.2) is 17.0 Å². The number of ether oxygens (including phenoxy) is 3. The molecule has 2 aromatic heterocycles. The lowest BCUT2D eigenvalue weighted by atomic mass is 9.99. The molecular weight excluding hydrogens is 579 g/mol. The fourth-order valence-electron chi connectivity index (χ4n) is 4.71. The molecule has 1 amide bonds. The molecule has 0 radical (unpaired) electrons. The number of carbonyl (C=O) groups is 2. The average molecular weight is 617 g/mol. The summed E-state index contributed by atoms with van der Waals surface area (Å²) in [7, 11) is -2.85. The molecule has 0 bridgehead atoms. The van der Waals surface area contributed by atoms with Crippen molar-refractivity contribution in [3.05, 3.63) is 11.6 Å². The van der Waals surface area contributed by atoms with E-state index >= 15 is 0 Å². The largest absolute Gasteiger partial charge is 0.510 e. The first-order chi connectivity index (χ1) is 19.3. The molecule has 2 fully saturated rings. The smallest absolute Gasteiger partial charge is 0.434 e. The summed E-state index contributed by atoms with van der Waals surface area (Å²) < 4.78 is 34.7. The minimum Gasteiger partial charge on any atom is -0.434 e. The van der Waals surface area contributed by atoms with Crippen LogP contribution in [0.3, 0.4) is 0 Å². The van der Waals surface area contributed by atoms with Crippen LogP contribution in [0.5, 0.6) is 0 Å². The molecule has 3 heterocycles. The van der Waals surface area contributed by atoms with Crippen molar-refractivity contribution in [2.24, 2.45) is 5.41 Å². The van der Waals surface area contributed by atoms with Crippen LogP contribution in [-0.4, -0.2) is 86.7 Å². The first-order valence-corrected chi connectivity index (χ1v) is 15.8. The van der Waals surface area contributed by atoms with E-state index in [-0.39, 0.29) is 36.2 Å². The number of rotatable bonds is 11. The monoisotopic (exact) mass is 616 g/mol. The molecule has 1 aliphatic heterocycles. The molecule has 228 valence electrons. The Morgan fingerprint density at radius 3 is 2.66 bits per heavy atom. The van der Waals surface area contributed by atoms with Gasteiger partial charge in [0.25, 0.3) is 0 Å². The minimum atomic E-state index is -4.36. The molecule has 4 rings (SSSR count). The zero-order valence-corrected chi connectivity index (χ0v) is 25.4. The Balaban J connectivity index is 1.26. The van der Waals surface area contributed by atoms with Crippen molar-refractivity contribution in [2.75, 3.05) is 38.5 Å². The molecule has 1 aliphatic carbocycles. The van der Waals surface area contributed by atoms with Gasteiger partial charge in [0, 0.05) is 19.6 Å². The van der Waals surface area contributed by atoms with Gasteiger partial charge in [-0.05, 0) is 42.7 Å². The van der Waals surface area contributed by atoms with Gasteiger partial charge in [-0.15, -0.1) is 0 Å². The molecule has 2 aliphatic rings. The Hall–Kier alpha value is -2.51. The molecule has 0 aromatic carbocycles. The van der Waals surface area contributed by atoms with E-state index in [1.807, 2.05) is 25.3 Å². The molecule has 2 N–H and O–H groups in total. The predicted octanol–water partition coefficient (Wildman–Crippen LogP) is 4.33. The van der Waals surface area contributed by atoms with Crippen LogP contribution in [0.25, 0.3) is 11.2 Å². The van der Waals surface area contributed by atoms with Gasteiger partial charge < -0.3 is 29.3 Å². The normalized spacial score (nSPS) is 21.1. The summed E-state index contributed by atoms with van der Waals surface area (Å²) in [5.74, 6) is -0.0122. The molecule has 16 heteroatoms. The molecule has 41 heavy (non-hydrogen) atoms. The number of nitrogens with zero attached hydrogens (tertiary/aromatic N) is 5. The summed E-state index contributed by atoms with van der Waals surface area (Å²) in [5.41, 5.74) is 0.908. The number of imidazole rings is 1. The van der Waals surface area contributed by atoms with Gasteiger partial charge in [-0.25, -0.2) is 9.78 Å². The molecular formula is C25H38ClN6O8P. The van der Waals surface area contributed by atoms with Crippen LogP contribution in [0.1, 0.15) is 65.5 Å². The maximum absolute atomic E-state index is 12.6. The quantitative estimate of drug-likeness (QED) is 0.159. The van der Waals surface area contributed by atoms with Crippen molar-refractivity contribution < 1.29 is 37.8 Å². The van der Waals surface area contributed by atoms with Crippen molar-refractivity contribution in [3.63, 3.8) is 0 Å². The molecule has 14 nitrogen and oxygen atoms in total. The molecule has 2 aromatic rings. The first-order valence-electron chi connectivity index (χ1n) is 13.6. The van der Waals surface area contributed by atoms with E-state index in [0.717, 1.165) is 12.8 Å². The Labute approximate surface area is 243 Å². The van der Waals surface area contributed by atoms with E-state index in [2.05, 4.69) is 25.0 Å². The van der Waals surface area contributed by atoms with Gasteiger partial charge in [0.2, 0.25) is 18.0 Å². The van der Waals surface area contributed by atoms with Crippen molar-refractivity contribution in [1.29, 1.82) is 0 Å². The lowest BCUT2D eigenvalue weighted by Crippen LogP contribution is -2.36. The third-order valence-corrected chi connectivity index (χ3v) is 8.13. The number of hydrogen-bond acceptors (Lipinski definition) is 11. The van der Waals surface area contributed by atoms with Crippen LogP contribution in [0.2, 0.25) is 5.28 Å². The highest BCUT2D eigenvalue weighted by atomic mass is 35.5. The van der Waals surface area contributed by atoms with Crippen molar-refractivity contribution in [1.82, 2.24) is 24.4 Å². The predicted molar refractivity (Wildman–Crippen MR) is 150 cm³/mol. The molecule has 1 unspecified atom stereocenters. The average Bonchev–Trinajstić information content (AvgIpc) is 3.63. The van der Waals surface area contributed by atoms with E-state index in [1.165, 1.54) is 24.8 Å². The zero-order chi connectivity index (χ0) is 29.8. The van der Waals surface area contributed by atoms with Crippen LogP contribution >= 0.6 is 19.2 Å². The Morgan fingerprint density at radius 2 is 1.95 bits per heavy atom. The number of fused-ring (bicyclic) bond motifs is 1. The highest BCUT2D eigenvalue weighted by Crippen LogP contribution is 2.42. The van der Waals surface area contributed by atoms with Gasteiger partial charge in [0.1, 0.15) is 12.4 Å². The lowest BCUT2D eigenvalue weighted by Gasteiger charge is -2.23. The number of hydrogen-bond donors (Lipinski definition) is 2. The van der Waals surface area contributed by atoms with Crippen molar-refractivity contribution in [3.8, 4) is 0 Å². The van der Waals surface area contributed by atoms with Crippen LogP contribution in [0, 0.1) is 5.41 Å². The number of nitrogens with one attached hydrogen (secondary N) is 1. The van der Waals surface area contributed by atoms with Crippen LogP contribution in [-0.2, 0) is 28.1 Å².